The quantitative estimate of drug-likeness (QED) is 0.708. The molecule has 0 aliphatic carbocycles. The van der Waals surface area contributed by atoms with Gasteiger partial charge < -0.3 is 15.2 Å². The summed E-state index contributed by atoms with van der Waals surface area (Å²) in [7, 11) is 0. The summed E-state index contributed by atoms with van der Waals surface area (Å²) < 4.78 is 5.56. The Kier molecular flexibility index (Phi) is 7.15. The van der Waals surface area contributed by atoms with E-state index in [4.69, 9.17) is 9.84 Å². The average molecular weight is 265 g/mol. The van der Waals surface area contributed by atoms with Crippen LogP contribution in [0.5, 0.6) is 0 Å². The Morgan fingerprint density at radius 1 is 1.37 bits per heavy atom. The topological polar surface area (TPSA) is 58.6 Å². The predicted octanol–water partition coefficient (Wildman–Crippen LogP) is 2.11. The lowest BCUT2D eigenvalue weighted by molar-refractivity contribution is 0.0594. The molecule has 1 rings (SSSR count). The second-order valence-electron chi connectivity index (χ2n) is 4.58. The molecule has 0 spiro atoms. The van der Waals surface area contributed by atoms with Gasteiger partial charge in [0.15, 0.2) is 0 Å². The van der Waals surface area contributed by atoms with Crippen LogP contribution in [0.25, 0.3) is 0 Å². The van der Waals surface area contributed by atoms with Crippen molar-refractivity contribution in [2.45, 2.75) is 39.4 Å². The Bertz CT molecular complexity index is 375. The summed E-state index contributed by atoms with van der Waals surface area (Å²) in [6.07, 6.45) is 2.38. The maximum atomic E-state index is 11.8. The number of nitrogens with one attached hydrogen (secondary N) is 1. The lowest BCUT2D eigenvalue weighted by atomic mass is 10.1. The second-order valence-corrected chi connectivity index (χ2v) is 4.58. The van der Waals surface area contributed by atoms with Gasteiger partial charge in [0.2, 0.25) is 0 Å². The van der Waals surface area contributed by atoms with Crippen LogP contribution in [0.1, 0.15) is 42.6 Å². The molecule has 1 aromatic carbocycles. The van der Waals surface area contributed by atoms with E-state index in [-0.39, 0.29) is 18.6 Å². The first-order valence-electron chi connectivity index (χ1n) is 6.77. The highest BCUT2D eigenvalue weighted by Gasteiger charge is 2.05. The van der Waals surface area contributed by atoms with Gasteiger partial charge in [-0.3, -0.25) is 4.79 Å². The Hall–Kier alpha value is -1.39. The smallest absolute Gasteiger partial charge is 0.251 e. The molecule has 0 aliphatic rings. The third-order valence-corrected chi connectivity index (χ3v) is 2.88. The third-order valence-electron chi connectivity index (χ3n) is 2.88. The highest BCUT2D eigenvalue weighted by Crippen LogP contribution is 2.04. The molecule has 0 bridgehead atoms. The standard InChI is InChI=1S/C15H23NO3/c1-3-4-12(2)19-10-9-16-15(18)14-7-5-13(11-17)6-8-14/h5-8,12,17H,3-4,9-11H2,1-2H3,(H,16,18). The highest BCUT2D eigenvalue weighted by atomic mass is 16.5. The van der Waals surface area contributed by atoms with Gasteiger partial charge >= 0.3 is 0 Å². The maximum Gasteiger partial charge on any atom is 0.251 e. The lowest BCUT2D eigenvalue weighted by Crippen LogP contribution is -2.28. The molecule has 0 saturated heterocycles. The third kappa shape index (κ3) is 5.85. The summed E-state index contributed by atoms with van der Waals surface area (Å²) >= 11 is 0. The number of carbonyl (C=O) groups is 1. The van der Waals surface area contributed by atoms with E-state index in [9.17, 15) is 4.79 Å². The van der Waals surface area contributed by atoms with Gasteiger partial charge in [0, 0.05) is 12.1 Å². The summed E-state index contributed by atoms with van der Waals surface area (Å²) in [6.45, 7) is 5.19. The van der Waals surface area contributed by atoms with Crippen molar-refractivity contribution in [3.63, 3.8) is 0 Å². The van der Waals surface area contributed by atoms with Crippen molar-refractivity contribution in [2.75, 3.05) is 13.2 Å². The van der Waals surface area contributed by atoms with E-state index in [1.807, 2.05) is 6.92 Å². The van der Waals surface area contributed by atoms with Crippen LogP contribution < -0.4 is 5.32 Å². The molecule has 0 heterocycles. The number of benzene rings is 1. The molecule has 0 radical (unpaired) electrons. The van der Waals surface area contributed by atoms with Crippen molar-refractivity contribution in [2.24, 2.45) is 0 Å². The summed E-state index contributed by atoms with van der Waals surface area (Å²) in [6, 6.07) is 6.91. The number of amides is 1. The fourth-order valence-corrected chi connectivity index (χ4v) is 1.78. The number of ether oxygens (including phenoxy) is 1. The van der Waals surface area contributed by atoms with Crippen LogP contribution in [-0.2, 0) is 11.3 Å². The van der Waals surface area contributed by atoms with Gasteiger partial charge in [0.25, 0.3) is 5.91 Å². The minimum Gasteiger partial charge on any atom is -0.392 e. The van der Waals surface area contributed by atoms with Crippen LogP contribution in [-0.4, -0.2) is 30.3 Å². The highest BCUT2D eigenvalue weighted by molar-refractivity contribution is 5.94. The lowest BCUT2D eigenvalue weighted by Gasteiger charge is -2.12. The van der Waals surface area contributed by atoms with E-state index in [2.05, 4.69) is 12.2 Å². The fraction of sp³-hybridized carbons (Fsp3) is 0.533. The number of rotatable bonds is 8. The molecule has 0 aliphatic heterocycles. The van der Waals surface area contributed by atoms with Gasteiger partial charge in [-0.1, -0.05) is 25.5 Å². The van der Waals surface area contributed by atoms with Gasteiger partial charge in [0.05, 0.1) is 19.3 Å². The van der Waals surface area contributed by atoms with Gasteiger partial charge in [-0.25, -0.2) is 0 Å². The molecule has 0 saturated carbocycles. The van der Waals surface area contributed by atoms with Crippen molar-refractivity contribution in [1.82, 2.24) is 5.32 Å². The normalized spacial score (nSPS) is 12.2. The first kappa shape index (κ1) is 15.7. The Morgan fingerprint density at radius 3 is 2.63 bits per heavy atom. The van der Waals surface area contributed by atoms with E-state index in [0.29, 0.717) is 18.7 Å². The molecule has 1 amide bonds. The Morgan fingerprint density at radius 2 is 2.05 bits per heavy atom. The Labute approximate surface area is 114 Å². The number of hydrogen-bond donors (Lipinski definition) is 2. The molecule has 4 nitrogen and oxygen atoms in total. The molecule has 0 aromatic heterocycles. The molecule has 19 heavy (non-hydrogen) atoms. The van der Waals surface area contributed by atoms with E-state index in [0.717, 1.165) is 18.4 Å². The summed E-state index contributed by atoms with van der Waals surface area (Å²) in [4.78, 5) is 11.8. The molecule has 2 N–H and O–H groups in total. The maximum absolute atomic E-state index is 11.8. The molecule has 1 unspecified atom stereocenters. The molecule has 106 valence electrons. The monoisotopic (exact) mass is 265 g/mol. The first-order valence-corrected chi connectivity index (χ1v) is 6.77. The van der Waals surface area contributed by atoms with Crippen LogP contribution in [0, 0.1) is 0 Å². The van der Waals surface area contributed by atoms with Gasteiger partial charge in [-0.05, 0) is 31.0 Å². The molecular weight excluding hydrogens is 242 g/mol. The van der Waals surface area contributed by atoms with Crippen LogP contribution in [0.15, 0.2) is 24.3 Å². The largest absolute Gasteiger partial charge is 0.392 e. The van der Waals surface area contributed by atoms with Gasteiger partial charge in [-0.2, -0.15) is 0 Å². The van der Waals surface area contributed by atoms with Crippen molar-refractivity contribution in [1.29, 1.82) is 0 Å². The Balaban J connectivity index is 2.27. The van der Waals surface area contributed by atoms with Crippen molar-refractivity contribution in [3.05, 3.63) is 35.4 Å². The number of aliphatic hydroxyl groups is 1. The second kappa shape index (κ2) is 8.67. The number of hydrogen-bond acceptors (Lipinski definition) is 3. The first-order chi connectivity index (χ1) is 9.17. The molecule has 1 aromatic rings. The van der Waals surface area contributed by atoms with Gasteiger partial charge in [0.1, 0.15) is 0 Å². The molecule has 0 fully saturated rings. The van der Waals surface area contributed by atoms with Gasteiger partial charge in [-0.15, -0.1) is 0 Å². The van der Waals surface area contributed by atoms with Crippen LogP contribution >= 0.6 is 0 Å². The summed E-state index contributed by atoms with van der Waals surface area (Å²) in [5.41, 5.74) is 1.40. The number of aliphatic hydroxyl groups excluding tert-OH is 1. The van der Waals surface area contributed by atoms with E-state index < -0.39 is 0 Å². The molecular formula is C15H23NO3. The fourth-order valence-electron chi connectivity index (χ4n) is 1.78. The minimum atomic E-state index is -0.115. The molecule has 1 atom stereocenters. The van der Waals surface area contributed by atoms with Crippen molar-refractivity contribution in [3.8, 4) is 0 Å². The molecule has 4 heteroatoms. The summed E-state index contributed by atoms with van der Waals surface area (Å²) in [5, 5.41) is 11.7. The van der Waals surface area contributed by atoms with Crippen LogP contribution in [0.3, 0.4) is 0 Å². The number of carbonyl (C=O) groups excluding carboxylic acids is 1. The van der Waals surface area contributed by atoms with Crippen LogP contribution in [0.4, 0.5) is 0 Å². The van der Waals surface area contributed by atoms with Crippen molar-refractivity contribution < 1.29 is 14.6 Å². The average Bonchev–Trinajstić information content (AvgIpc) is 2.44. The zero-order chi connectivity index (χ0) is 14.1. The minimum absolute atomic E-state index is 0.00887. The SMILES string of the molecule is CCCC(C)OCCNC(=O)c1ccc(CO)cc1. The van der Waals surface area contributed by atoms with E-state index in [1.54, 1.807) is 24.3 Å². The van der Waals surface area contributed by atoms with Crippen molar-refractivity contribution >= 4 is 5.91 Å². The zero-order valence-corrected chi connectivity index (χ0v) is 11.7. The van der Waals surface area contributed by atoms with E-state index in [1.165, 1.54) is 0 Å². The van der Waals surface area contributed by atoms with Crippen LogP contribution in [0.2, 0.25) is 0 Å². The summed E-state index contributed by atoms with van der Waals surface area (Å²) in [5.74, 6) is -0.115. The zero-order valence-electron chi connectivity index (χ0n) is 11.7. The predicted molar refractivity (Wildman–Crippen MR) is 75.0 cm³/mol. The van der Waals surface area contributed by atoms with E-state index >= 15 is 0 Å².